The lowest BCUT2D eigenvalue weighted by molar-refractivity contribution is -0.122. The van der Waals surface area contributed by atoms with Crippen LogP contribution in [0.25, 0.3) is 11.3 Å². The third-order valence-corrected chi connectivity index (χ3v) is 3.98. The number of hydrogen-bond acceptors (Lipinski definition) is 4. The lowest BCUT2D eigenvalue weighted by Crippen LogP contribution is -2.36. The number of benzene rings is 1. The Morgan fingerprint density at radius 2 is 2.21 bits per heavy atom. The minimum absolute atomic E-state index is 0.0425. The number of carbonyl (C=O) groups is 2. The highest BCUT2D eigenvalue weighted by molar-refractivity contribution is 6.31. The number of carbonyl (C=O) groups excluding carboxylic acids is 2. The highest BCUT2D eigenvalue weighted by atomic mass is 35.5. The molecule has 1 aromatic carbocycles. The van der Waals surface area contributed by atoms with Gasteiger partial charge in [0.15, 0.2) is 11.7 Å². The molecule has 0 aliphatic heterocycles. The Morgan fingerprint density at radius 1 is 1.46 bits per heavy atom. The lowest BCUT2D eigenvalue weighted by atomic mass is 9.96. The number of aromatic nitrogens is 2. The SMILES string of the molecule is N#C[C@@H](C(=O)NC1CC1)C(=O)c1cn[nH]c1-c1ccc(F)c(Cl)c1. The van der Waals surface area contributed by atoms with E-state index in [1.54, 1.807) is 6.07 Å². The van der Waals surface area contributed by atoms with Crippen LogP contribution in [0, 0.1) is 23.1 Å². The number of hydrogen-bond donors (Lipinski definition) is 2. The molecule has 1 amide bonds. The molecule has 24 heavy (non-hydrogen) atoms. The van der Waals surface area contributed by atoms with Gasteiger partial charge in [0.25, 0.3) is 0 Å². The summed E-state index contributed by atoms with van der Waals surface area (Å²) in [6.07, 6.45) is 2.94. The number of nitriles is 1. The van der Waals surface area contributed by atoms with Crippen molar-refractivity contribution in [3.8, 4) is 17.3 Å². The van der Waals surface area contributed by atoms with Crippen LogP contribution in [-0.4, -0.2) is 27.9 Å². The Kier molecular flexibility index (Phi) is 4.32. The van der Waals surface area contributed by atoms with E-state index < -0.39 is 23.4 Å². The molecule has 6 nitrogen and oxygen atoms in total. The first-order valence-electron chi connectivity index (χ1n) is 7.24. The molecule has 1 heterocycles. The van der Waals surface area contributed by atoms with Gasteiger partial charge in [-0.2, -0.15) is 10.4 Å². The van der Waals surface area contributed by atoms with E-state index in [0.717, 1.165) is 18.9 Å². The summed E-state index contributed by atoms with van der Waals surface area (Å²) in [6.45, 7) is 0. The summed E-state index contributed by atoms with van der Waals surface area (Å²) in [5.41, 5.74) is 0.790. The number of amides is 1. The first-order valence-corrected chi connectivity index (χ1v) is 7.62. The van der Waals surface area contributed by atoms with Gasteiger partial charge in [0, 0.05) is 11.6 Å². The van der Waals surface area contributed by atoms with Crippen LogP contribution in [-0.2, 0) is 4.79 Å². The fraction of sp³-hybridized carbons (Fsp3) is 0.250. The molecule has 0 radical (unpaired) electrons. The van der Waals surface area contributed by atoms with Gasteiger partial charge >= 0.3 is 0 Å². The molecule has 3 rings (SSSR count). The number of Topliss-reactive ketones (excluding diaryl/α,β-unsaturated/α-hetero) is 1. The molecule has 8 heteroatoms. The van der Waals surface area contributed by atoms with Crippen LogP contribution in [0.15, 0.2) is 24.4 Å². The number of ketones is 1. The lowest BCUT2D eigenvalue weighted by Gasteiger charge is -2.09. The summed E-state index contributed by atoms with van der Waals surface area (Å²) in [5, 5.41) is 18.2. The van der Waals surface area contributed by atoms with Crippen LogP contribution < -0.4 is 5.32 Å². The van der Waals surface area contributed by atoms with E-state index in [1.807, 2.05) is 0 Å². The highest BCUT2D eigenvalue weighted by Gasteiger charge is 2.33. The van der Waals surface area contributed by atoms with Crippen molar-refractivity contribution in [3.63, 3.8) is 0 Å². The normalized spacial score (nSPS) is 14.7. The number of nitrogens with one attached hydrogen (secondary N) is 2. The van der Waals surface area contributed by atoms with Gasteiger partial charge in [-0.05, 0) is 31.0 Å². The smallest absolute Gasteiger partial charge is 0.245 e. The van der Waals surface area contributed by atoms with Crippen molar-refractivity contribution >= 4 is 23.3 Å². The van der Waals surface area contributed by atoms with Crippen LogP contribution in [0.3, 0.4) is 0 Å². The Bertz CT molecular complexity index is 854. The zero-order chi connectivity index (χ0) is 17.3. The van der Waals surface area contributed by atoms with Crippen LogP contribution in [0.5, 0.6) is 0 Å². The third kappa shape index (κ3) is 3.14. The molecule has 2 aromatic rings. The van der Waals surface area contributed by atoms with Crippen molar-refractivity contribution in [1.82, 2.24) is 15.5 Å². The van der Waals surface area contributed by atoms with Gasteiger partial charge in [-0.3, -0.25) is 14.7 Å². The molecule has 2 N–H and O–H groups in total. The number of H-pyrrole nitrogens is 1. The van der Waals surface area contributed by atoms with E-state index in [0.29, 0.717) is 5.56 Å². The molecule has 0 spiro atoms. The van der Waals surface area contributed by atoms with Crippen LogP contribution in [0.1, 0.15) is 23.2 Å². The van der Waals surface area contributed by atoms with Gasteiger partial charge in [0.05, 0.1) is 28.5 Å². The molecular weight excluding hydrogens is 335 g/mol. The van der Waals surface area contributed by atoms with Crippen molar-refractivity contribution in [2.24, 2.45) is 5.92 Å². The van der Waals surface area contributed by atoms with E-state index in [9.17, 15) is 19.2 Å². The summed E-state index contributed by atoms with van der Waals surface area (Å²) in [6, 6.07) is 5.70. The second-order valence-corrected chi connectivity index (χ2v) is 5.90. The van der Waals surface area contributed by atoms with Crippen molar-refractivity contribution in [1.29, 1.82) is 5.26 Å². The van der Waals surface area contributed by atoms with Crippen molar-refractivity contribution in [3.05, 3.63) is 40.8 Å². The maximum absolute atomic E-state index is 13.3. The van der Waals surface area contributed by atoms with E-state index in [1.165, 1.54) is 18.3 Å². The van der Waals surface area contributed by atoms with Crippen LogP contribution in [0.4, 0.5) is 4.39 Å². The minimum Gasteiger partial charge on any atom is -0.352 e. The van der Waals surface area contributed by atoms with Gasteiger partial charge in [0.1, 0.15) is 5.82 Å². The molecule has 1 aliphatic rings. The molecule has 1 aliphatic carbocycles. The average Bonchev–Trinajstić information content (AvgIpc) is 3.23. The minimum atomic E-state index is -1.46. The predicted octanol–water partition coefficient (Wildman–Crippen LogP) is 2.47. The number of nitrogens with zero attached hydrogens (tertiary/aromatic N) is 2. The van der Waals surface area contributed by atoms with E-state index in [-0.39, 0.29) is 22.3 Å². The highest BCUT2D eigenvalue weighted by Crippen LogP contribution is 2.27. The summed E-state index contributed by atoms with van der Waals surface area (Å²) >= 11 is 5.76. The molecule has 1 aromatic heterocycles. The topological polar surface area (TPSA) is 98.6 Å². The first-order chi connectivity index (χ1) is 11.5. The van der Waals surface area contributed by atoms with Gasteiger partial charge < -0.3 is 5.32 Å². The van der Waals surface area contributed by atoms with Crippen LogP contribution >= 0.6 is 11.6 Å². The molecule has 1 atom stereocenters. The van der Waals surface area contributed by atoms with Crippen molar-refractivity contribution in [2.45, 2.75) is 18.9 Å². The van der Waals surface area contributed by atoms with Gasteiger partial charge in [-0.25, -0.2) is 4.39 Å². The molecular formula is C16H12ClFN4O2. The van der Waals surface area contributed by atoms with E-state index in [4.69, 9.17) is 11.6 Å². The molecule has 122 valence electrons. The van der Waals surface area contributed by atoms with E-state index >= 15 is 0 Å². The van der Waals surface area contributed by atoms with Gasteiger partial charge in [-0.1, -0.05) is 11.6 Å². The molecule has 1 fully saturated rings. The number of rotatable bonds is 5. The largest absolute Gasteiger partial charge is 0.352 e. The fourth-order valence-corrected chi connectivity index (χ4v) is 2.43. The summed E-state index contributed by atoms with van der Waals surface area (Å²) in [4.78, 5) is 24.6. The maximum atomic E-state index is 13.3. The van der Waals surface area contributed by atoms with Gasteiger partial charge in [-0.15, -0.1) is 0 Å². The molecule has 0 unspecified atom stereocenters. The third-order valence-electron chi connectivity index (χ3n) is 3.69. The molecule has 0 bridgehead atoms. The summed E-state index contributed by atoms with van der Waals surface area (Å²) in [5.74, 6) is -3.33. The second-order valence-electron chi connectivity index (χ2n) is 5.50. The quantitative estimate of drug-likeness (QED) is 0.641. The van der Waals surface area contributed by atoms with Crippen LogP contribution in [0.2, 0.25) is 5.02 Å². The zero-order valence-electron chi connectivity index (χ0n) is 12.3. The van der Waals surface area contributed by atoms with Gasteiger partial charge in [0.2, 0.25) is 5.91 Å². The second kappa shape index (κ2) is 6.42. The Labute approximate surface area is 141 Å². The average molecular weight is 347 g/mol. The fourth-order valence-electron chi connectivity index (χ4n) is 2.25. The standard InChI is InChI=1S/C16H12ClFN4O2/c17-12-5-8(1-4-13(12)18)14-11(7-20-22-14)15(23)10(6-19)16(24)21-9-2-3-9/h1,4-5,7,9-10H,2-3H2,(H,20,22)(H,21,24)/t10-/m1/s1. The Hall–Kier alpha value is -2.72. The first kappa shape index (κ1) is 16.1. The Balaban J connectivity index is 1.90. The molecule has 0 saturated heterocycles. The summed E-state index contributed by atoms with van der Waals surface area (Å²) < 4.78 is 13.3. The predicted molar refractivity (Wildman–Crippen MR) is 83.6 cm³/mol. The maximum Gasteiger partial charge on any atom is 0.245 e. The van der Waals surface area contributed by atoms with E-state index in [2.05, 4.69) is 15.5 Å². The zero-order valence-corrected chi connectivity index (χ0v) is 13.1. The Morgan fingerprint density at radius 3 is 2.83 bits per heavy atom. The van der Waals surface area contributed by atoms with Crippen molar-refractivity contribution < 1.29 is 14.0 Å². The number of halogens is 2. The van der Waals surface area contributed by atoms with Crippen molar-refractivity contribution in [2.75, 3.05) is 0 Å². The monoisotopic (exact) mass is 346 g/mol. The molecule has 1 saturated carbocycles. The number of aromatic amines is 1. The summed E-state index contributed by atoms with van der Waals surface area (Å²) in [7, 11) is 0.